The smallest absolute Gasteiger partial charge is 0.126 e. The van der Waals surface area contributed by atoms with E-state index in [9.17, 15) is 4.39 Å². The fraction of sp³-hybridized carbons (Fsp3) is 0.400. The Balaban J connectivity index is 2.92. The van der Waals surface area contributed by atoms with Crippen molar-refractivity contribution in [1.29, 1.82) is 0 Å². The third-order valence-corrected chi connectivity index (χ3v) is 3.18. The zero-order valence-corrected chi connectivity index (χ0v) is 10.5. The maximum absolute atomic E-state index is 13.2. The average Bonchev–Trinajstić information content (AvgIpc) is 2.14. The van der Waals surface area contributed by atoms with Crippen LogP contribution in [0.5, 0.6) is 0 Å². The molecular formula is C10H12BrClFN. The van der Waals surface area contributed by atoms with Gasteiger partial charge in [0.2, 0.25) is 0 Å². The van der Waals surface area contributed by atoms with Gasteiger partial charge in [-0.3, -0.25) is 4.90 Å². The Hall–Kier alpha value is -0.120. The van der Waals surface area contributed by atoms with Gasteiger partial charge in [0.25, 0.3) is 0 Å². The van der Waals surface area contributed by atoms with E-state index >= 15 is 0 Å². The van der Waals surface area contributed by atoms with Gasteiger partial charge < -0.3 is 0 Å². The number of nitrogens with zero attached hydrogens (tertiary/aromatic N) is 1. The fourth-order valence-electron chi connectivity index (χ4n) is 1.14. The highest BCUT2D eigenvalue weighted by atomic mass is 79.9. The molecule has 0 amide bonds. The van der Waals surface area contributed by atoms with Crippen LogP contribution < -0.4 is 0 Å². The summed E-state index contributed by atoms with van der Waals surface area (Å²) in [5.74, 6) is -0.202. The number of halogens is 3. The van der Waals surface area contributed by atoms with E-state index in [0.29, 0.717) is 17.1 Å². The molecule has 1 aromatic rings. The number of rotatable bonds is 3. The van der Waals surface area contributed by atoms with Crippen molar-refractivity contribution < 1.29 is 4.39 Å². The van der Waals surface area contributed by atoms with Crippen molar-refractivity contribution in [3.05, 3.63) is 34.1 Å². The van der Waals surface area contributed by atoms with Gasteiger partial charge in [-0.1, -0.05) is 27.5 Å². The first kappa shape index (κ1) is 12.0. The second kappa shape index (κ2) is 5.10. The van der Waals surface area contributed by atoms with Crippen molar-refractivity contribution in [3.63, 3.8) is 0 Å². The van der Waals surface area contributed by atoms with Crippen LogP contribution in [-0.4, -0.2) is 17.4 Å². The summed E-state index contributed by atoms with van der Waals surface area (Å²) < 4.78 is 13.2. The van der Waals surface area contributed by atoms with Crippen LogP contribution in [0.2, 0.25) is 5.02 Å². The van der Waals surface area contributed by atoms with Crippen LogP contribution in [0, 0.1) is 12.7 Å². The first-order valence-corrected chi connectivity index (χ1v) is 5.73. The first-order chi connectivity index (χ1) is 6.54. The maximum Gasteiger partial charge on any atom is 0.126 e. The zero-order chi connectivity index (χ0) is 10.7. The second-order valence-corrected chi connectivity index (χ2v) is 4.24. The molecule has 0 heterocycles. The molecule has 0 unspecified atom stereocenters. The van der Waals surface area contributed by atoms with Crippen molar-refractivity contribution in [2.45, 2.75) is 13.5 Å². The van der Waals surface area contributed by atoms with Crippen LogP contribution >= 0.6 is 27.5 Å². The van der Waals surface area contributed by atoms with Gasteiger partial charge in [0.05, 0.1) is 5.45 Å². The van der Waals surface area contributed by atoms with E-state index in [2.05, 4.69) is 15.9 Å². The molecule has 0 saturated carbocycles. The van der Waals surface area contributed by atoms with E-state index in [0.717, 1.165) is 11.0 Å². The quantitative estimate of drug-likeness (QED) is 0.604. The molecule has 0 bridgehead atoms. The summed E-state index contributed by atoms with van der Waals surface area (Å²) in [7, 11) is 1.93. The molecule has 78 valence electrons. The van der Waals surface area contributed by atoms with E-state index in [1.165, 1.54) is 6.07 Å². The highest BCUT2D eigenvalue weighted by Crippen LogP contribution is 2.21. The lowest BCUT2D eigenvalue weighted by molar-refractivity contribution is 0.389. The lowest BCUT2D eigenvalue weighted by Gasteiger charge is -2.14. The molecule has 1 aromatic carbocycles. The summed E-state index contributed by atoms with van der Waals surface area (Å²) in [6.07, 6.45) is 0. The summed E-state index contributed by atoms with van der Waals surface area (Å²) in [6.45, 7) is 2.35. The van der Waals surface area contributed by atoms with Crippen LogP contribution in [-0.2, 0) is 6.54 Å². The number of benzene rings is 1. The molecule has 0 aliphatic rings. The van der Waals surface area contributed by atoms with Crippen LogP contribution in [0.15, 0.2) is 12.1 Å². The van der Waals surface area contributed by atoms with Gasteiger partial charge in [0.15, 0.2) is 0 Å². The first-order valence-electron chi connectivity index (χ1n) is 4.23. The zero-order valence-electron chi connectivity index (χ0n) is 8.15. The number of hydrogen-bond acceptors (Lipinski definition) is 1. The van der Waals surface area contributed by atoms with Crippen LogP contribution in [0.3, 0.4) is 0 Å². The minimum atomic E-state index is -0.202. The van der Waals surface area contributed by atoms with Gasteiger partial charge >= 0.3 is 0 Å². The van der Waals surface area contributed by atoms with Gasteiger partial charge in [0, 0.05) is 11.6 Å². The van der Waals surface area contributed by atoms with Crippen molar-refractivity contribution in [3.8, 4) is 0 Å². The molecule has 0 atom stereocenters. The minimum Gasteiger partial charge on any atom is -0.292 e. The van der Waals surface area contributed by atoms with Crippen molar-refractivity contribution in [2.24, 2.45) is 0 Å². The third kappa shape index (κ3) is 2.94. The molecule has 0 aliphatic carbocycles. The Morgan fingerprint density at radius 3 is 2.71 bits per heavy atom. The summed E-state index contributed by atoms with van der Waals surface area (Å²) in [6, 6.07) is 3.16. The molecular weight excluding hydrogens is 268 g/mol. The van der Waals surface area contributed by atoms with E-state index in [1.807, 2.05) is 11.9 Å². The van der Waals surface area contributed by atoms with E-state index < -0.39 is 0 Å². The average molecular weight is 281 g/mol. The predicted octanol–water partition coefficient (Wildman–Crippen LogP) is 3.57. The van der Waals surface area contributed by atoms with Crippen molar-refractivity contribution in [1.82, 2.24) is 4.90 Å². The molecule has 0 radical (unpaired) electrons. The van der Waals surface area contributed by atoms with Crippen LogP contribution in [0.25, 0.3) is 0 Å². The van der Waals surface area contributed by atoms with Crippen molar-refractivity contribution in [2.75, 3.05) is 12.5 Å². The molecule has 0 fully saturated rings. The Kier molecular flexibility index (Phi) is 4.35. The minimum absolute atomic E-state index is 0.202. The van der Waals surface area contributed by atoms with Crippen LogP contribution in [0.4, 0.5) is 4.39 Å². The van der Waals surface area contributed by atoms with E-state index in [-0.39, 0.29) is 5.82 Å². The Morgan fingerprint density at radius 2 is 2.14 bits per heavy atom. The number of aryl methyl sites for hydroxylation is 1. The molecule has 0 N–H and O–H groups in total. The highest BCUT2D eigenvalue weighted by Gasteiger charge is 2.07. The second-order valence-electron chi connectivity index (χ2n) is 3.33. The molecule has 0 aromatic heterocycles. The summed E-state index contributed by atoms with van der Waals surface area (Å²) in [5, 5.41) is 0.622. The van der Waals surface area contributed by atoms with Crippen LogP contribution in [0.1, 0.15) is 11.1 Å². The molecule has 4 heteroatoms. The lowest BCUT2D eigenvalue weighted by atomic mass is 10.1. The molecule has 14 heavy (non-hydrogen) atoms. The van der Waals surface area contributed by atoms with Gasteiger partial charge in [-0.2, -0.15) is 0 Å². The Bertz CT molecular complexity index is 330. The Labute approximate surface area is 97.0 Å². The SMILES string of the molecule is Cc1cc(Cl)c(CN(C)CBr)cc1F. The number of hydrogen-bond donors (Lipinski definition) is 0. The molecule has 1 nitrogen and oxygen atoms in total. The normalized spacial score (nSPS) is 11.0. The summed E-state index contributed by atoms with van der Waals surface area (Å²) >= 11 is 9.31. The van der Waals surface area contributed by atoms with Gasteiger partial charge in [-0.15, -0.1) is 0 Å². The summed E-state index contributed by atoms with van der Waals surface area (Å²) in [5.41, 5.74) is 2.13. The summed E-state index contributed by atoms with van der Waals surface area (Å²) in [4.78, 5) is 2.00. The Morgan fingerprint density at radius 1 is 1.50 bits per heavy atom. The monoisotopic (exact) mass is 279 g/mol. The van der Waals surface area contributed by atoms with Crippen molar-refractivity contribution >= 4 is 27.5 Å². The highest BCUT2D eigenvalue weighted by molar-refractivity contribution is 9.09. The fourth-order valence-corrected chi connectivity index (χ4v) is 1.60. The topological polar surface area (TPSA) is 3.24 Å². The van der Waals surface area contributed by atoms with E-state index in [4.69, 9.17) is 11.6 Å². The van der Waals surface area contributed by atoms with Gasteiger partial charge in [-0.25, -0.2) is 4.39 Å². The van der Waals surface area contributed by atoms with E-state index in [1.54, 1.807) is 13.0 Å². The maximum atomic E-state index is 13.2. The largest absolute Gasteiger partial charge is 0.292 e. The molecule has 0 saturated heterocycles. The lowest BCUT2D eigenvalue weighted by Crippen LogP contribution is -2.15. The third-order valence-electron chi connectivity index (χ3n) is 1.97. The molecule has 0 spiro atoms. The molecule has 1 rings (SSSR count). The predicted molar refractivity (Wildman–Crippen MR) is 61.4 cm³/mol. The number of alkyl halides is 1. The van der Waals surface area contributed by atoms with Gasteiger partial charge in [-0.05, 0) is 37.2 Å². The standard InChI is InChI=1S/C10H12BrClFN/c1-7-3-9(12)8(4-10(7)13)5-14(2)6-11/h3-4H,5-6H2,1-2H3. The van der Waals surface area contributed by atoms with Gasteiger partial charge in [0.1, 0.15) is 5.82 Å². The molecule has 0 aliphatic heterocycles.